The Kier molecular flexibility index (Phi) is 5.68. The molecule has 14 heavy (non-hydrogen) atoms. The van der Waals surface area contributed by atoms with Gasteiger partial charge in [-0.15, -0.1) is 11.8 Å². The first-order valence-corrected chi connectivity index (χ1v) is 5.67. The largest absolute Gasteiger partial charge is 0.392 e. The van der Waals surface area contributed by atoms with Crippen LogP contribution in [0.15, 0.2) is 29.2 Å². The molecule has 0 heterocycles. The number of ether oxygens (including phenoxy) is 1. The summed E-state index contributed by atoms with van der Waals surface area (Å²) in [4.78, 5) is 1.17. The lowest BCUT2D eigenvalue weighted by atomic mass is 10.2. The predicted molar refractivity (Wildman–Crippen MR) is 59.6 cm³/mol. The highest BCUT2D eigenvalue weighted by Crippen LogP contribution is 2.22. The number of methoxy groups -OCH3 is 1. The van der Waals surface area contributed by atoms with Crippen LogP contribution in [0.25, 0.3) is 0 Å². The third-order valence-electron chi connectivity index (χ3n) is 1.89. The Morgan fingerprint density at radius 2 is 2.14 bits per heavy atom. The molecule has 0 saturated heterocycles. The molecule has 0 saturated carbocycles. The average molecular weight is 212 g/mol. The molecule has 0 aromatic heterocycles. The molecule has 0 aliphatic rings. The summed E-state index contributed by atoms with van der Waals surface area (Å²) in [5, 5.41) is 9.08. The monoisotopic (exact) mass is 212 g/mol. The topological polar surface area (TPSA) is 29.5 Å². The van der Waals surface area contributed by atoms with Gasteiger partial charge in [-0.25, -0.2) is 0 Å². The van der Waals surface area contributed by atoms with Gasteiger partial charge in [-0.3, -0.25) is 0 Å². The fourth-order valence-corrected chi connectivity index (χ4v) is 2.14. The summed E-state index contributed by atoms with van der Waals surface area (Å²) in [6.45, 7) is 0.918. The van der Waals surface area contributed by atoms with Crippen molar-refractivity contribution < 1.29 is 9.84 Å². The summed E-state index contributed by atoms with van der Waals surface area (Å²) >= 11 is 1.77. The van der Waals surface area contributed by atoms with Crippen LogP contribution in [0.4, 0.5) is 0 Å². The van der Waals surface area contributed by atoms with Crippen LogP contribution in [0.1, 0.15) is 12.0 Å². The molecule has 0 atom stereocenters. The maximum absolute atomic E-state index is 9.08. The third kappa shape index (κ3) is 3.70. The predicted octanol–water partition coefficient (Wildman–Crippen LogP) is 2.31. The lowest BCUT2D eigenvalue weighted by Crippen LogP contribution is -1.92. The van der Waals surface area contributed by atoms with Crippen LogP contribution in [0.2, 0.25) is 0 Å². The van der Waals surface area contributed by atoms with Gasteiger partial charge in [0.25, 0.3) is 0 Å². The number of aliphatic hydroxyl groups is 1. The lowest BCUT2D eigenvalue weighted by molar-refractivity contribution is 0.200. The molecule has 0 aliphatic heterocycles. The molecule has 0 spiro atoms. The molecule has 1 aromatic carbocycles. The zero-order valence-electron chi connectivity index (χ0n) is 8.40. The van der Waals surface area contributed by atoms with E-state index >= 15 is 0 Å². The fourth-order valence-electron chi connectivity index (χ4n) is 1.16. The van der Waals surface area contributed by atoms with Crippen molar-refractivity contribution in [2.75, 3.05) is 19.5 Å². The van der Waals surface area contributed by atoms with Gasteiger partial charge >= 0.3 is 0 Å². The summed E-state index contributed by atoms with van der Waals surface area (Å²) < 4.78 is 4.97. The highest BCUT2D eigenvalue weighted by molar-refractivity contribution is 7.99. The van der Waals surface area contributed by atoms with Crippen molar-refractivity contribution in [2.45, 2.75) is 17.9 Å². The molecule has 1 aromatic rings. The Labute approximate surface area is 89.3 Å². The lowest BCUT2D eigenvalue weighted by Gasteiger charge is -2.05. The second-order valence-electron chi connectivity index (χ2n) is 2.96. The van der Waals surface area contributed by atoms with Gasteiger partial charge in [0.15, 0.2) is 0 Å². The molecule has 1 rings (SSSR count). The molecule has 0 radical (unpaired) electrons. The number of hydrogen-bond acceptors (Lipinski definition) is 3. The molecule has 78 valence electrons. The van der Waals surface area contributed by atoms with E-state index in [1.54, 1.807) is 18.9 Å². The Hall–Kier alpha value is -0.510. The standard InChI is InChI=1S/C11H16O2S/c1-13-7-4-8-14-11-6-3-2-5-10(11)9-12/h2-3,5-6,12H,4,7-9H2,1H3. The summed E-state index contributed by atoms with van der Waals surface area (Å²) in [7, 11) is 1.71. The average Bonchev–Trinajstić information content (AvgIpc) is 2.25. The number of aliphatic hydroxyl groups excluding tert-OH is 1. The van der Waals surface area contributed by atoms with Gasteiger partial charge in [0.1, 0.15) is 0 Å². The van der Waals surface area contributed by atoms with E-state index in [9.17, 15) is 0 Å². The van der Waals surface area contributed by atoms with Crippen molar-refractivity contribution in [3.8, 4) is 0 Å². The van der Waals surface area contributed by atoms with E-state index in [4.69, 9.17) is 9.84 Å². The summed E-state index contributed by atoms with van der Waals surface area (Å²) in [6, 6.07) is 7.95. The van der Waals surface area contributed by atoms with Gasteiger partial charge < -0.3 is 9.84 Å². The summed E-state index contributed by atoms with van der Waals surface area (Å²) in [5.41, 5.74) is 1.01. The number of hydrogen-bond donors (Lipinski definition) is 1. The highest BCUT2D eigenvalue weighted by atomic mass is 32.2. The number of rotatable bonds is 6. The minimum Gasteiger partial charge on any atom is -0.392 e. The molecule has 0 bridgehead atoms. The second-order valence-corrected chi connectivity index (χ2v) is 4.10. The molecular weight excluding hydrogens is 196 g/mol. The smallest absolute Gasteiger partial charge is 0.0692 e. The van der Waals surface area contributed by atoms with Gasteiger partial charge in [0, 0.05) is 24.4 Å². The van der Waals surface area contributed by atoms with Crippen molar-refractivity contribution in [2.24, 2.45) is 0 Å². The molecule has 0 aliphatic carbocycles. The SMILES string of the molecule is COCCCSc1ccccc1CO. The zero-order valence-corrected chi connectivity index (χ0v) is 9.22. The summed E-state index contributed by atoms with van der Waals surface area (Å²) in [5.74, 6) is 1.03. The Balaban J connectivity index is 2.41. The highest BCUT2D eigenvalue weighted by Gasteiger charge is 2.00. The van der Waals surface area contributed by atoms with E-state index in [0.717, 1.165) is 24.3 Å². The van der Waals surface area contributed by atoms with E-state index in [-0.39, 0.29) is 6.61 Å². The third-order valence-corrected chi connectivity index (χ3v) is 3.10. The maximum atomic E-state index is 9.08. The van der Waals surface area contributed by atoms with Crippen LogP contribution in [0, 0.1) is 0 Å². The zero-order chi connectivity index (χ0) is 10.2. The first-order chi connectivity index (χ1) is 6.88. The molecule has 1 N–H and O–H groups in total. The molecule has 3 heteroatoms. The van der Waals surface area contributed by atoms with Crippen LogP contribution < -0.4 is 0 Å². The minimum absolute atomic E-state index is 0.119. The number of thioether (sulfide) groups is 1. The molecule has 0 fully saturated rings. The van der Waals surface area contributed by atoms with E-state index in [0.29, 0.717) is 0 Å². The van der Waals surface area contributed by atoms with Gasteiger partial charge in [0.2, 0.25) is 0 Å². The Morgan fingerprint density at radius 1 is 1.36 bits per heavy atom. The van der Waals surface area contributed by atoms with Gasteiger partial charge in [0.05, 0.1) is 6.61 Å². The van der Waals surface area contributed by atoms with Gasteiger partial charge in [-0.1, -0.05) is 18.2 Å². The normalized spacial score (nSPS) is 10.4. The Morgan fingerprint density at radius 3 is 2.86 bits per heavy atom. The quantitative estimate of drug-likeness (QED) is 0.579. The van der Waals surface area contributed by atoms with Gasteiger partial charge in [-0.2, -0.15) is 0 Å². The second kappa shape index (κ2) is 6.87. The first-order valence-electron chi connectivity index (χ1n) is 4.69. The van der Waals surface area contributed by atoms with Crippen molar-refractivity contribution >= 4 is 11.8 Å². The molecule has 0 amide bonds. The molecule has 0 unspecified atom stereocenters. The van der Waals surface area contributed by atoms with Gasteiger partial charge in [-0.05, 0) is 18.1 Å². The van der Waals surface area contributed by atoms with Crippen LogP contribution in [-0.4, -0.2) is 24.6 Å². The first kappa shape index (κ1) is 11.6. The van der Waals surface area contributed by atoms with Crippen molar-refractivity contribution in [3.63, 3.8) is 0 Å². The van der Waals surface area contributed by atoms with E-state index in [1.165, 1.54) is 4.90 Å². The van der Waals surface area contributed by atoms with Crippen LogP contribution in [0.5, 0.6) is 0 Å². The minimum atomic E-state index is 0.119. The summed E-state index contributed by atoms with van der Waals surface area (Å²) in [6.07, 6.45) is 1.04. The van der Waals surface area contributed by atoms with Crippen molar-refractivity contribution in [1.82, 2.24) is 0 Å². The molecule has 2 nitrogen and oxygen atoms in total. The fraction of sp³-hybridized carbons (Fsp3) is 0.455. The van der Waals surface area contributed by atoms with Crippen LogP contribution in [0.3, 0.4) is 0 Å². The van der Waals surface area contributed by atoms with Crippen molar-refractivity contribution in [1.29, 1.82) is 0 Å². The van der Waals surface area contributed by atoms with E-state index < -0.39 is 0 Å². The van der Waals surface area contributed by atoms with E-state index in [2.05, 4.69) is 0 Å². The van der Waals surface area contributed by atoms with Crippen LogP contribution in [-0.2, 0) is 11.3 Å². The molecular formula is C11H16O2S. The van der Waals surface area contributed by atoms with E-state index in [1.807, 2.05) is 24.3 Å². The maximum Gasteiger partial charge on any atom is 0.0692 e. The van der Waals surface area contributed by atoms with Crippen LogP contribution >= 0.6 is 11.8 Å². The van der Waals surface area contributed by atoms with Crippen molar-refractivity contribution in [3.05, 3.63) is 29.8 Å². The Bertz CT molecular complexity index is 263. The number of benzene rings is 1.